The molecule has 0 saturated heterocycles. The van der Waals surface area contributed by atoms with Gasteiger partial charge in [0, 0.05) is 0 Å². The Bertz CT molecular complexity index is 224. The molecule has 0 aromatic carbocycles. The van der Waals surface area contributed by atoms with E-state index in [9.17, 15) is 8.42 Å². The van der Waals surface area contributed by atoms with Crippen molar-refractivity contribution in [3.05, 3.63) is 12.7 Å². The van der Waals surface area contributed by atoms with E-state index in [0.717, 1.165) is 0 Å². The molecule has 0 saturated carbocycles. The fraction of sp³-hybridized carbons (Fsp3) is 0.667. The third-order valence-electron chi connectivity index (χ3n) is 0.940. The average Bonchev–Trinajstić information content (AvgIpc) is 2.00. The van der Waals surface area contributed by atoms with Crippen LogP contribution in [0.1, 0.15) is 0 Å². The van der Waals surface area contributed by atoms with Crippen LogP contribution in [0.15, 0.2) is 12.7 Å². The van der Waals surface area contributed by atoms with Gasteiger partial charge in [-0.25, -0.2) is 0 Å². The molecule has 4 nitrogen and oxygen atoms in total. The Hall–Kier alpha value is -0.100. The first-order valence-electron chi connectivity index (χ1n) is 3.24. The maximum Gasteiger partial charge on any atom is 0.271 e. The fourth-order valence-corrected chi connectivity index (χ4v) is 1.26. The molecule has 0 aliphatic rings. The first kappa shape index (κ1) is 11.9. The van der Waals surface area contributed by atoms with E-state index >= 15 is 0 Å². The summed E-state index contributed by atoms with van der Waals surface area (Å²) < 4.78 is 26.0. The summed E-state index contributed by atoms with van der Waals surface area (Å²) in [4.78, 5) is 0. The molecule has 0 radical (unpaired) electrons. The summed E-state index contributed by atoms with van der Waals surface area (Å²) in [5, 5.41) is 8.84. The van der Waals surface area contributed by atoms with Crippen LogP contribution in [-0.2, 0) is 14.3 Å². The Labute approximate surface area is 76.9 Å². The summed E-state index contributed by atoms with van der Waals surface area (Å²) in [5.41, 5.74) is 0. The van der Waals surface area contributed by atoms with E-state index in [-0.39, 0.29) is 18.2 Å². The molecule has 1 N–H and O–H groups in total. The molecule has 6 heteroatoms. The van der Waals surface area contributed by atoms with E-state index in [1.165, 1.54) is 6.08 Å². The van der Waals surface area contributed by atoms with E-state index < -0.39 is 16.2 Å². The van der Waals surface area contributed by atoms with Gasteiger partial charge in [0.2, 0.25) is 0 Å². The summed E-state index contributed by atoms with van der Waals surface area (Å²) in [6.45, 7) is 2.94. The Balaban J connectivity index is 3.84. The number of aliphatic hydroxyl groups excluding tert-OH is 1. The number of alkyl halides is 1. The number of halogens is 1. The minimum absolute atomic E-state index is 0.0520. The van der Waals surface area contributed by atoms with Crippen LogP contribution in [0.4, 0.5) is 0 Å². The van der Waals surface area contributed by atoms with Crippen LogP contribution in [-0.4, -0.2) is 37.9 Å². The highest BCUT2D eigenvalue weighted by atomic mass is 35.5. The van der Waals surface area contributed by atoms with Gasteiger partial charge in [0.1, 0.15) is 0 Å². The second-order valence-electron chi connectivity index (χ2n) is 2.11. The third-order valence-corrected chi connectivity index (χ3v) is 2.44. The Morgan fingerprint density at radius 1 is 1.67 bits per heavy atom. The van der Waals surface area contributed by atoms with E-state index in [1.807, 2.05) is 0 Å². The Morgan fingerprint density at radius 2 is 2.25 bits per heavy atom. The Kier molecular flexibility index (Phi) is 5.48. The molecule has 1 unspecified atom stereocenters. The van der Waals surface area contributed by atoms with Gasteiger partial charge in [-0.15, -0.1) is 18.2 Å². The summed E-state index contributed by atoms with van der Waals surface area (Å²) in [7, 11) is -3.57. The fourth-order valence-electron chi connectivity index (χ4n) is 0.419. The van der Waals surface area contributed by atoms with Crippen molar-refractivity contribution in [2.75, 3.05) is 18.2 Å². The second kappa shape index (κ2) is 5.53. The zero-order valence-electron chi connectivity index (χ0n) is 6.44. The maximum atomic E-state index is 10.8. The molecule has 0 amide bonds. The van der Waals surface area contributed by atoms with Gasteiger partial charge < -0.3 is 5.11 Å². The lowest BCUT2D eigenvalue weighted by Crippen LogP contribution is -2.21. The standard InChI is InChI=1S/C6H11ClO4S/c1-2-3-12(9,10)11-5-6(8)4-7/h2,6,8H,1,3-5H2. The molecule has 1 atom stereocenters. The molecule has 12 heavy (non-hydrogen) atoms. The lowest BCUT2D eigenvalue weighted by Gasteiger charge is -2.06. The highest BCUT2D eigenvalue weighted by Crippen LogP contribution is 1.97. The number of hydrogen-bond donors (Lipinski definition) is 1. The largest absolute Gasteiger partial charge is 0.389 e. The summed E-state index contributed by atoms with van der Waals surface area (Å²) in [6.07, 6.45) is 0.258. The van der Waals surface area contributed by atoms with E-state index in [1.54, 1.807) is 0 Å². The second-order valence-corrected chi connectivity index (χ2v) is 4.10. The zero-order valence-corrected chi connectivity index (χ0v) is 8.01. The van der Waals surface area contributed by atoms with Gasteiger partial charge in [-0.1, -0.05) is 6.08 Å². The van der Waals surface area contributed by atoms with Crippen molar-refractivity contribution in [1.29, 1.82) is 0 Å². The van der Waals surface area contributed by atoms with E-state index in [2.05, 4.69) is 10.8 Å². The molecule has 0 bridgehead atoms. The van der Waals surface area contributed by atoms with Crippen molar-refractivity contribution in [3.63, 3.8) is 0 Å². The van der Waals surface area contributed by atoms with Crippen molar-refractivity contribution >= 4 is 21.7 Å². The monoisotopic (exact) mass is 214 g/mol. The molecule has 0 fully saturated rings. The van der Waals surface area contributed by atoms with Gasteiger partial charge in [-0.3, -0.25) is 4.18 Å². The van der Waals surface area contributed by atoms with Gasteiger partial charge in [-0.05, 0) is 0 Å². The highest BCUT2D eigenvalue weighted by molar-refractivity contribution is 7.86. The van der Waals surface area contributed by atoms with Crippen molar-refractivity contribution in [2.45, 2.75) is 6.10 Å². The summed E-state index contributed by atoms with van der Waals surface area (Å²) in [6, 6.07) is 0. The van der Waals surface area contributed by atoms with Gasteiger partial charge in [0.05, 0.1) is 24.3 Å². The zero-order chi connectivity index (χ0) is 9.61. The minimum Gasteiger partial charge on any atom is -0.389 e. The molecule has 0 rings (SSSR count). The Morgan fingerprint density at radius 3 is 2.67 bits per heavy atom. The molecule has 0 heterocycles. The van der Waals surface area contributed by atoms with Crippen molar-refractivity contribution in [1.82, 2.24) is 0 Å². The smallest absolute Gasteiger partial charge is 0.271 e. The van der Waals surface area contributed by atoms with Crippen LogP contribution in [0.25, 0.3) is 0 Å². The SMILES string of the molecule is C=CCS(=O)(=O)OCC(O)CCl. The van der Waals surface area contributed by atoms with Crippen LogP contribution < -0.4 is 0 Å². The highest BCUT2D eigenvalue weighted by Gasteiger charge is 2.11. The summed E-state index contributed by atoms with van der Waals surface area (Å²) in [5.74, 6) is -0.314. The van der Waals surface area contributed by atoms with Crippen LogP contribution in [0, 0.1) is 0 Å². The van der Waals surface area contributed by atoms with Crippen LogP contribution in [0.5, 0.6) is 0 Å². The van der Waals surface area contributed by atoms with Gasteiger partial charge in [-0.2, -0.15) is 8.42 Å². The molecule has 0 aromatic heterocycles. The van der Waals surface area contributed by atoms with Crippen molar-refractivity contribution in [2.24, 2.45) is 0 Å². The third kappa shape index (κ3) is 5.54. The molecule has 0 aliphatic heterocycles. The lowest BCUT2D eigenvalue weighted by molar-refractivity contribution is 0.129. The molecule has 72 valence electrons. The van der Waals surface area contributed by atoms with E-state index in [0.29, 0.717) is 0 Å². The predicted octanol–water partition coefficient (Wildman–Crippen LogP) is 0.118. The van der Waals surface area contributed by atoms with Crippen LogP contribution >= 0.6 is 11.6 Å². The summed E-state index contributed by atoms with van der Waals surface area (Å²) >= 11 is 5.21. The first-order valence-corrected chi connectivity index (χ1v) is 5.35. The molecular weight excluding hydrogens is 204 g/mol. The van der Waals surface area contributed by atoms with Gasteiger partial charge in [0.25, 0.3) is 10.1 Å². The molecular formula is C6H11ClO4S. The normalized spacial score (nSPS) is 14.2. The maximum absolute atomic E-state index is 10.8. The van der Waals surface area contributed by atoms with E-state index in [4.69, 9.17) is 16.7 Å². The van der Waals surface area contributed by atoms with Crippen molar-refractivity contribution in [3.8, 4) is 0 Å². The minimum atomic E-state index is -3.57. The first-order chi connectivity index (χ1) is 5.52. The van der Waals surface area contributed by atoms with Crippen molar-refractivity contribution < 1.29 is 17.7 Å². The number of aliphatic hydroxyl groups is 1. The van der Waals surface area contributed by atoms with Crippen LogP contribution in [0.2, 0.25) is 0 Å². The average molecular weight is 215 g/mol. The number of rotatable bonds is 6. The predicted molar refractivity (Wildman–Crippen MR) is 46.7 cm³/mol. The number of hydrogen-bond acceptors (Lipinski definition) is 4. The van der Waals surface area contributed by atoms with Crippen LogP contribution in [0.3, 0.4) is 0 Å². The molecule has 0 aliphatic carbocycles. The van der Waals surface area contributed by atoms with Gasteiger partial charge in [0.15, 0.2) is 0 Å². The quantitative estimate of drug-likeness (QED) is 0.388. The topological polar surface area (TPSA) is 63.6 Å². The van der Waals surface area contributed by atoms with Gasteiger partial charge >= 0.3 is 0 Å². The lowest BCUT2D eigenvalue weighted by atomic mass is 10.4. The molecule has 0 aromatic rings. The molecule has 0 spiro atoms.